The highest BCUT2D eigenvalue weighted by atomic mass is 16.4. The number of carbonyl (C=O) groups excluding carboxylic acids is 1. The van der Waals surface area contributed by atoms with Gasteiger partial charge in [-0.2, -0.15) is 0 Å². The molecule has 0 fully saturated rings. The topological polar surface area (TPSA) is 83.6 Å². The molecular weight excluding hydrogens is 220 g/mol. The number of hydrogen-bond acceptors (Lipinski definition) is 3. The highest BCUT2D eigenvalue weighted by Crippen LogP contribution is 2.29. The molecule has 0 saturated heterocycles. The lowest BCUT2D eigenvalue weighted by molar-refractivity contribution is -0.136. The third-order valence-electron chi connectivity index (χ3n) is 2.80. The zero-order valence-corrected chi connectivity index (χ0v) is 9.35. The van der Waals surface area contributed by atoms with Crippen LogP contribution in [0.15, 0.2) is 18.2 Å². The third-order valence-corrected chi connectivity index (χ3v) is 2.80. The summed E-state index contributed by atoms with van der Waals surface area (Å²) < 4.78 is 0. The summed E-state index contributed by atoms with van der Waals surface area (Å²) in [6, 6.07) is 5.62. The Kier molecular flexibility index (Phi) is 3.10. The molecule has 5 heteroatoms. The minimum absolute atomic E-state index is 0.160. The Morgan fingerprint density at radius 3 is 2.88 bits per heavy atom. The maximum absolute atomic E-state index is 11.7. The van der Waals surface area contributed by atoms with Crippen LogP contribution in [0.2, 0.25) is 0 Å². The second kappa shape index (κ2) is 4.55. The normalized spacial score (nSPS) is 13.9. The van der Waals surface area contributed by atoms with Crippen LogP contribution in [0.4, 0.5) is 5.69 Å². The van der Waals surface area contributed by atoms with Crippen molar-refractivity contribution in [3.05, 3.63) is 29.3 Å². The number of fused-ring (bicyclic) bond motifs is 1. The Balaban J connectivity index is 2.28. The second-order valence-corrected chi connectivity index (χ2v) is 4.05. The number of nitrogens with zero attached hydrogens (tertiary/aromatic N) is 1. The Bertz CT molecular complexity index is 471. The maximum Gasteiger partial charge on any atom is 0.323 e. The first-order chi connectivity index (χ1) is 8.11. The predicted octanol–water partition coefficient (Wildman–Crippen LogP) is 0.161. The van der Waals surface area contributed by atoms with Crippen LogP contribution in [0.1, 0.15) is 11.1 Å². The lowest BCUT2D eigenvalue weighted by atomic mass is 10.1. The maximum atomic E-state index is 11.7. The van der Waals surface area contributed by atoms with Crippen molar-refractivity contribution in [3.8, 4) is 0 Å². The Morgan fingerprint density at radius 2 is 2.24 bits per heavy atom. The molecule has 0 spiro atoms. The van der Waals surface area contributed by atoms with E-state index in [1.54, 1.807) is 6.07 Å². The zero-order chi connectivity index (χ0) is 12.4. The number of aliphatic carboxylic acids is 1. The Hall–Kier alpha value is -1.88. The van der Waals surface area contributed by atoms with E-state index in [0.717, 1.165) is 17.5 Å². The van der Waals surface area contributed by atoms with Crippen molar-refractivity contribution in [2.75, 3.05) is 18.0 Å². The van der Waals surface area contributed by atoms with Crippen LogP contribution in [0.25, 0.3) is 0 Å². The third kappa shape index (κ3) is 2.29. The largest absolute Gasteiger partial charge is 0.480 e. The summed E-state index contributed by atoms with van der Waals surface area (Å²) in [6.07, 6.45) is 1.04. The smallest absolute Gasteiger partial charge is 0.323 e. The van der Waals surface area contributed by atoms with Crippen LogP contribution in [0.5, 0.6) is 0 Å². The average Bonchev–Trinajstić information content (AvgIpc) is 2.55. The minimum Gasteiger partial charge on any atom is -0.480 e. The summed E-state index contributed by atoms with van der Waals surface area (Å²) in [7, 11) is 0. The molecule has 17 heavy (non-hydrogen) atoms. The van der Waals surface area contributed by atoms with Crippen molar-refractivity contribution in [2.45, 2.75) is 12.8 Å². The quantitative estimate of drug-likeness (QED) is 0.777. The van der Waals surface area contributed by atoms with Crippen molar-refractivity contribution in [2.24, 2.45) is 5.73 Å². The number of rotatable bonds is 4. The molecule has 0 aliphatic carbocycles. The van der Waals surface area contributed by atoms with E-state index < -0.39 is 5.97 Å². The van der Waals surface area contributed by atoms with Crippen LogP contribution in [0.3, 0.4) is 0 Å². The van der Waals surface area contributed by atoms with Crippen molar-refractivity contribution in [3.63, 3.8) is 0 Å². The average molecular weight is 234 g/mol. The number of benzene rings is 1. The molecule has 0 bridgehead atoms. The van der Waals surface area contributed by atoms with Crippen molar-refractivity contribution in [1.29, 1.82) is 0 Å². The number of nitrogens with two attached hydrogens (primary N) is 1. The van der Waals surface area contributed by atoms with Crippen molar-refractivity contribution in [1.82, 2.24) is 0 Å². The molecule has 1 aromatic rings. The molecule has 0 atom stereocenters. The highest BCUT2D eigenvalue weighted by molar-refractivity contribution is 6.04. The van der Waals surface area contributed by atoms with Crippen LogP contribution in [-0.2, 0) is 22.4 Å². The molecule has 0 saturated carbocycles. The van der Waals surface area contributed by atoms with Crippen LogP contribution in [-0.4, -0.2) is 30.1 Å². The van der Waals surface area contributed by atoms with Gasteiger partial charge >= 0.3 is 5.97 Å². The van der Waals surface area contributed by atoms with E-state index in [9.17, 15) is 9.59 Å². The fraction of sp³-hybridized carbons (Fsp3) is 0.333. The molecule has 0 unspecified atom stereocenters. The lowest BCUT2D eigenvalue weighted by Gasteiger charge is -2.14. The fourth-order valence-electron chi connectivity index (χ4n) is 2.07. The molecule has 2 rings (SSSR count). The van der Waals surface area contributed by atoms with Crippen LogP contribution in [0, 0.1) is 0 Å². The van der Waals surface area contributed by atoms with E-state index in [0.29, 0.717) is 12.2 Å². The molecule has 0 radical (unpaired) electrons. The first kappa shape index (κ1) is 11.6. The molecular formula is C12H14N2O3. The first-order valence-corrected chi connectivity index (χ1v) is 5.46. The summed E-state index contributed by atoms with van der Waals surface area (Å²) in [5.74, 6) is -1.16. The van der Waals surface area contributed by atoms with E-state index in [-0.39, 0.29) is 18.9 Å². The van der Waals surface area contributed by atoms with Crippen LogP contribution < -0.4 is 10.6 Å². The van der Waals surface area contributed by atoms with E-state index in [1.807, 2.05) is 12.1 Å². The van der Waals surface area contributed by atoms with E-state index >= 15 is 0 Å². The molecule has 1 aliphatic heterocycles. The zero-order valence-electron chi connectivity index (χ0n) is 9.35. The van der Waals surface area contributed by atoms with Crippen molar-refractivity contribution >= 4 is 17.6 Å². The van der Waals surface area contributed by atoms with Gasteiger partial charge in [0.1, 0.15) is 6.54 Å². The van der Waals surface area contributed by atoms with E-state index in [1.165, 1.54) is 4.90 Å². The Morgan fingerprint density at radius 1 is 1.47 bits per heavy atom. The Labute approximate surface area is 98.8 Å². The number of carbonyl (C=O) groups is 2. The number of carboxylic acid groups (broad SMARTS) is 1. The summed E-state index contributed by atoms with van der Waals surface area (Å²) in [5.41, 5.74) is 8.15. The molecule has 90 valence electrons. The van der Waals surface area contributed by atoms with Crippen molar-refractivity contribution < 1.29 is 14.7 Å². The van der Waals surface area contributed by atoms with Crippen LogP contribution >= 0.6 is 0 Å². The van der Waals surface area contributed by atoms with Gasteiger partial charge < -0.3 is 15.7 Å². The number of hydrogen-bond donors (Lipinski definition) is 2. The molecule has 1 aromatic carbocycles. The predicted molar refractivity (Wildman–Crippen MR) is 62.9 cm³/mol. The van der Waals surface area contributed by atoms with Gasteiger partial charge in [-0.15, -0.1) is 0 Å². The van der Waals surface area contributed by atoms with Gasteiger partial charge in [-0.25, -0.2) is 0 Å². The van der Waals surface area contributed by atoms with Gasteiger partial charge in [-0.1, -0.05) is 12.1 Å². The van der Waals surface area contributed by atoms with Gasteiger partial charge in [0, 0.05) is 5.69 Å². The minimum atomic E-state index is -1.00. The fourth-order valence-corrected chi connectivity index (χ4v) is 2.07. The van der Waals surface area contributed by atoms with Gasteiger partial charge in [0.2, 0.25) is 5.91 Å². The number of carboxylic acids is 1. The number of anilines is 1. The summed E-state index contributed by atoms with van der Waals surface area (Å²) >= 11 is 0. The van der Waals surface area contributed by atoms with E-state index in [2.05, 4.69) is 0 Å². The SMILES string of the molecule is NCCc1ccc2c(c1)CC(=O)N2CC(=O)O. The van der Waals surface area contributed by atoms with Gasteiger partial charge in [-0.05, 0) is 30.2 Å². The van der Waals surface area contributed by atoms with Gasteiger partial charge in [0.15, 0.2) is 0 Å². The van der Waals surface area contributed by atoms with Gasteiger partial charge in [0.05, 0.1) is 6.42 Å². The standard InChI is InChI=1S/C12H14N2O3/c13-4-3-8-1-2-10-9(5-8)6-11(15)14(10)7-12(16)17/h1-2,5H,3-4,6-7,13H2,(H,16,17). The lowest BCUT2D eigenvalue weighted by Crippen LogP contribution is -2.32. The van der Waals surface area contributed by atoms with Gasteiger partial charge in [-0.3, -0.25) is 9.59 Å². The van der Waals surface area contributed by atoms with Gasteiger partial charge in [0.25, 0.3) is 0 Å². The molecule has 5 nitrogen and oxygen atoms in total. The molecule has 3 N–H and O–H groups in total. The summed E-state index contributed by atoms with van der Waals surface area (Å²) in [4.78, 5) is 23.7. The first-order valence-electron chi connectivity index (χ1n) is 5.46. The highest BCUT2D eigenvalue weighted by Gasteiger charge is 2.28. The second-order valence-electron chi connectivity index (χ2n) is 4.05. The monoisotopic (exact) mass is 234 g/mol. The van der Waals surface area contributed by atoms with E-state index in [4.69, 9.17) is 10.8 Å². The molecule has 1 heterocycles. The molecule has 0 aromatic heterocycles. The summed E-state index contributed by atoms with van der Waals surface area (Å²) in [5, 5.41) is 8.75. The molecule has 1 aliphatic rings. The molecule has 1 amide bonds. The number of amides is 1. The summed E-state index contributed by atoms with van der Waals surface area (Å²) in [6.45, 7) is 0.285.